The van der Waals surface area contributed by atoms with Gasteiger partial charge in [0.05, 0.1) is 23.7 Å². The van der Waals surface area contributed by atoms with Gasteiger partial charge in [-0.1, -0.05) is 54.1 Å². The Labute approximate surface area is 219 Å². The van der Waals surface area contributed by atoms with Crippen LogP contribution in [0.1, 0.15) is 36.1 Å². The Morgan fingerprint density at radius 1 is 0.919 bits per heavy atom. The molecule has 0 fully saturated rings. The second kappa shape index (κ2) is 9.64. The highest BCUT2D eigenvalue weighted by Crippen LogP contribution is 2.47. The number of fused-ring (bicyclic) bond motifs is 1. The van der Waals surface area contributed by atoms with E-state index in [0.717, 1.165) is 22.7 Å². The number of anilines is 3. The van der Waals surface area contributed by atoms with E-state index in [0.29, 0.717) is 34.8 Å². The summed E-state index contributed by atoms with van der Waals surface area (Å²) in [6, 6.07) is 27.1. The summed E-state index contributed by atoms with van der Waals surface area (Å²) in [4.78, 5) is 29.5. The van der Waals surface area contributed by atoms with Gasteiger partial charge in [-0.05, 0) is 60.5 Å². The first-order valence-corrected chi connectivity index (χ1v) is 12.5. The van der Waals surface area contributed by atoms with Crippen molar-refractivity contribution in [2.75, 3.05) is 15.5 Å². The molecule has 0 saturated heterocycles. The Morgan fingerprint density at radius 2 is 1.68 bits per heavy atom. The third-order valence-corrected chi connectivity index (χ3v) is 7.12. The summed E-state index contributed by atoms with van der Waals surface area (Å²) in [6.45, 7) is 0. The Bertz CT molecular complexity index is 1480. The Balaban J connectivity index is 1.50. The van der Waals surface area contributed by atoms with Gasteiger partial charge in [-0.25, -0.2) is 4.79 Å². The summed E-state index contributed by atoms with van der Waals surface area (Å²) in [7, 11) is 0. The van der Waals surface area contributed by atoms with Gasteiger partial charge in [0.2, 0.25) is 0 Å². The van der Waals surface area contributed by atoms with E-state index in [1.807, 2.05) is 66.7 Å². The molecule has 7 heteroatoms. The molecule has 0 bridgehead atoms. The number of urea groups is 1. The van der Waals surface area contributed by atoms with Crippen molar-refractivity contribution in [3.8, 4) is 0 Å². The van der Waals surface area contributed by atoms with Crippen molar-refractivity contribution in [2.45, 2.75) is 24.8 Å². The van der Waals surface area contributed by atoms with Gasteiger partial charge >= 0.3 is 6.03 Å². The van der Waals surface area contributed by atoms with Crippen LogP contribution in [0.5, 0.6) is 0 Å². The lowest BCUT2D eigenvalue weighted by Gasteiger charge is -2.34. The molecule has 1 aromatic heterocycles. The summed E-state index contributed by atoms with van der Waals surface area (Å²) in [6.07, 6.45) is 2.54. The molecule has 184 valence electrons. The summed E-state index contributed by atoms with van der Waals surface area (Å²) < 4.78 is 5.66. The summed E-state index contributed by atoms with van der Waals surface area (Å²) >= 11 is 6.05. The molecule has 6 nitrogen and oxygen atoms in total. The first-order chi connectivity index (χ1) is 18.1. The number of carbonyl (C=O) groups is 2. The fourth-order valence-electron chi connectivity index (χ4n) is 5.21. The van der Waals surface area contributed by atoms with Crippen LogP contribution in [-0.2, 0) is 4.79 Å². The number of carbonyl (C=O) groups excluding carboxylic acids is 2. The fourth-order valence-corrected chi connectivity index (χ4v) is 5.33. The van der Waals surface area contributed by atoms with Crippen LogP contribution >= 0.6 is 11.6 Å². The molecule has 0 unspecified atom stereocenters. The average Bonchev–Trinajstić information content (AvgIpc) is 3.40. The molecule has 6 rings (SSSR count). The molecule has 0 radical (unpaired) electrons. The highest BCUT2D eigenvalue weighted by Gasteiger charge is 2.42. The first-order valence-electron chi connectivity index (χ1n) is 12.1. The molecule has 0 spiro atoms. The Morgan fingerprint density at radius 3 is 2.43 bits per heavy atom. The maximum Gasteiger partial charge on any atom is 0.327 e. The van der Waals surface area contributed by atoms with E-state index in [9.17, 15) is 9.59 Å². The normalized spacial score (nSPS) is 18.9. The topological polar surface area (TPSA) is 74.6 Å². The minimum atomic E-state index is -0.621. The minimum Gasteiger partial charge on any atom is -0.469 e. The second-order valence-electron chi connectivity index (χ2n) is 9.20. The number of nitrogens with zero attached hydrogens (tertiary/aromatic N) is 1. The number of Topliss-reactive ketones (excluding diaryl/α,β-unsaturated/α-hetero) is 1. The number of amides is 2. The van der Waals surface area contributed by atoms with E-state index in [-0.39, 0.29) is 17.7 Å². The van der Waals surface area contributed by atoms with E-state index in [2.05, 4.69) is 10.6 Å². The van der Waals surface area contributed by atoms with Crippen LogP contribution in [0.25, 0.3) is 0 Å². The Hall–Kier alpha value is -4.29. The molecule has 2 amide bonds. The van der Waals surface area contributed by atoms with E-state index in [4.69, 9.17) is 16.0 Å². The molecular formula is C30H24ClN3O3. The van der Waals surface area contributed by atoms with Crippen LogP contribution in [0.3, 0.4) is 0 Å². The van der Waals surface area contributed by atoms with E-state index in [1.165, 1.54) is 0 Å². The first kappa shape index (κ1) is 23.1. The SMILES string of the molecule is O=C1C[C@@H](c2ccco2)CC2=C1[C@H](c1ccccc1)N(C(=O)Nc1ccc(Cl)cc1)c1ccccc1N2. The molecular weight excluding hydrogens is 486 g/mol. The van der Waals surface area contributed by atoms with Crippen LogP contribution in [0.2, 0.25) is 5.02 Å². The van der Waals surface area contributed by atoms with Crippen LogP contribution < -0.4 is 15.5 Å². The monoisotopic (exact) mass is 509 g/mol. The molecule has 37 heavy (non-hydrogen) atoms. The van der Waals surface area contributed by atoms with Gasteiger partial charge < -0.3 is 15.1 Å². The maximum absolute atomic E-state index is 14.0. The summed E-state index contributed by atoms with van der Waals surface area (Å²) in [5, 5.41) is 7.10. The average molecular weight is 510 g/mol. The number of furan rings is 1. The van der Waals surface area contributed by atoms with E-state index >= 15 is 0 Å². The number of ketones is 1. The lowest BCUT2D eigenvalue weighted by molar-refractivity contribution is -0.116. The quantitative estimate of drug-likeness (QED) is 0.299. The predicted octanol–water partition coefficient (Wildman–Crippen LogP) is 7.54. The fraction of sp³-hybridized carbons (Fsp3) is 0.133. The molecule has 1 aliphatic heterocycles. The zero-order valence-corrected chi connectivity index (χ0v) is 20.6. The molecule has 0 saturated carbocycles. The highest BCUT2D eigenvalue weighted by atomic mass is 35.5. The number of hydrogen-bond donors (Lipinski definition) is 2. The second-order valence-corrected chi connectivity index (χ2v) is 9.63. The number of benzene rings is 3. The van der Waals surface area contributed by atoms with Crippen molar-refractivity contribution in [3.63, 3.8) is 0 Å². The molecule has 2 heterocycles. The van der Waals surface area contributed by atoms with Crippen LogP contribution in [-0.4, -0.2) is 11.8 Å². The van der Waals surface area contributed by atoms with E-state index < -0.39 is 6.04 Å². The maximum atomic E-state index is 14.0. The third-order valence-electron chi connectivity index (χ3n) is 6.86. The standard InChI is InChI=1S/C30H24ClN3O3/c31-21-12-14-22(15-13-21)32-30(36)34-25-10-5-4-9-23(25)33-24-17-20(27-11-6-16-37-27)18-26(35)28(24)29(34)19-7-2-1-3-8-19/h1-16,20,29,33H,17-18H2,(H,32,36)/t20-,29-/m0/s1. The molecule has 2 aliphatic rings. The molecule has 2 atom stereocenters. The van der Waals surface area contributed by atoms with Gasteiger partial charge in [-0.2, -0.15) is 0 Å². The van der Waals surface area contributed by atoms with Gasteiger partial charge in [-0.3, -0.25) is 9.69 Å². The summed E-state index contributed by atoms with van der Waals surface area (Å²) in [5.41, 5.74) is 4.30. The number of hydrogen-bond acceptors (Lipinski definition) is 4. The predicted molar refractivity (Wildman–Crippen MR) is 145 cm³/mol. The van der Waals surface area contributed by atoms with Gasteiger partial charge in [0.1, 0.15) is 5.76 Å². The number of nitrogens with one attached hydrogen (secondary N) is 2. The largest absolute Gasteiger partial charge is 0.469 e. The number of allylic oxidation sites excluding steroid dienone is 1. The van der Waals surface area contributed by atoms with Crippen molar-refractivity contribution < 1.29 is 14.0 Å². The van der Waals surface area contributed by atoms with Crippen LogP contribution in [0.15, 0.2) is 113 Å². The van der Waals surface area contributed by atoms with Crippen molar-refractivity contribution in [3.05, 3.63) is 125 Å². The smallest absolute Gasteiger partial charge is 0.327 e. The van der Waals surface area contributed by atoms with Crippen molar-refractivity contribution in [1.29, 1.82) is 0 Å². The van der Waals surface area contributed by atoms with Crippen molar-refractivity contribution in [1.82, 2.24) is 0 Å². The Kier molecular flexibility index (Phi) is 6.02. The molecule has 4 aromatic rings. The zero-order chi connectivity index (χ0) is 25.4. The lowest BCUT2D eigenvalue weighted by Crippen LogP contribution is -2.41. The van der Waals surface area contributed by atoms with Gasteiger partial charge in [0.25, 0.3) is 0 Å². The number of rotatable bonds is 3. The molecule has 3 aromatic carbocycles. The number of halogens is 1. The van der Waals surface area contributed by atoms with Crippen LogP contribution in [0.4, 0.5) is 21.9 Å². The van der Waals surface area contributed by atoms with Crippen molar-refractivity contribution >= 4 is 40.5 Å². The number of para-hydroxylation sites is 2. The van der Waals surface area contributed by atoms with Gasteiger partial charge in [0.15, 0.2) is 5.78 Å². The van der Waals surface area contributed by atoms with Crippen molar-refractivity contribution in [2.24, 2.45) is 0 Å². The third kappa shape index (κ3) is 4.41. The highest BCUT2D eigenvalue weighted by molar-refractivity contribution is 6.30. The molecule has 1 aliphatic carbocycles. The lowest BCUT2D eigenvalue weighted by atomic mass is 9.80. The zero-order valence-electron chi connectivity index (χ0n) is 19.9. The molecule has 2 N–H and O–H groups in total. The van der Waals surface area contributed by atoms with Crippen LogP contribution in [0, 0.1) is 0 Å². The van der Waals surface area contributed by atoms with E-state index in [1.54, 1.807) is 35.4 Å². The van der Waals surface area contributed by atoms with Gasteiger partial charge in [0, 0.05) is 34.3 Å². The van der Waals surface area contributed by atoms with Gasteiger partial charge in [-0.15, -0.1) is 0 Å². The summed E-state index contributed by atoms with van der Waals surface area (Å²) in [5.74, 6) is 0.695. The minimum absolute atomic E-state index is 0.0129.